The molecule has 0 saturated carbocycles. The van der Waals surface area contributed by atoms with Crippen LogP contribution in [0, 0.1) is 0 Å². The van der Waals surface area contributed by atoms with Gasteiger partial charge in [0.25, 0.3) is 0 Å². The van der Waals surface area contributed by atoms with Crippen molar-refractivity contribution in [1.29, 1.82) is 0 Å². The molecule has 6 heteroatoms. The first-order chi connectivity index (χ1) is 11.6. The normalized spacial score (nSPS) is 16.1. The van der Waals surface area contributed by atoms with Gasteiger partial charge in [-0.1, -0.05) is 6.07 Å². The number of amides is 1. The number of aromatic hydroxyl groups is 1. The van der Waals surface area contributed by atoms with Gasteiger partial charge in [-0.05, 0) is 29.3 Å². The predicted octanol–water partition coefficient (Wildman–Crippen LogP) is 2.89. The van der Waals surface area contributed by atoms with Crippen LogP contribution in [0.2, 0.25) is 0 Å². The van der Waals surface area contributed by atoms with Crippen LogP contribution in [0.15, 0.2) is 30.3 Å². The van der Waals surface area contributed by atoms with E-state index in [1.807, 2.05) is 12.1 Å². The predicted molar refractivity (Wildman–Crippen MR) is 89.3 cm³/mol. The van der Waals surface area contributed by atoms with E-state index in [1.165, 1.54) is 7.11 Å². The van der Waals surface area contributed by atoms with Crippen molar-refractivity contribution in [3.05, 3.63) is 41.5 Å². The van der Waals surface area contributed by atoms with Gasteiger partial charge in [0.2, 0.25) is 5.91 Å². The van der Waals surface area contributed by atoms with Crippen molar-refractivity contribution in [3.63, 3.8) is 0 Å². The Labute approximate surface area is 140 Å². The average molecular weight is 329 g/mol. The Morgan fingerprint density at radius 3 is 2.29 bits per heavy atom. The van der Waals surface area contributed by atoms with Gasteiger partial charge in [0.1, 0.15) is 0 Å². The highest BCUT2D eigenvalue weighted by Crippen LogP contribution is 2.44. The van der Waals surface area contributed by atoms with Gasteiger partial charge < -0.3 is 24.6 Å². The molecule has 1 amide bonds. The van der Waals surface area contributed by atoms with E-state index in [2.05, 4.69) is 5.32 Å². The molecule has 0 radical (unpaired) electrons. The van der Waals surface area contributed by atoms with Crippen molar-refractivity contribution in [2.24, 2.45) is 0 Å². The number of carbonyl (C=O) groups is 1. The van der Waals surface area contributed by atoms with Gasteiger partial charge in [-0.15, -0.1) is 0 Å². The van der Waals surface area contributed by atoms with Crippen molar-refractivity contribution < 1.29 is 24.1 Å². The number of methoxy groups -OCH3 is 3. The molecule has 1 atom stereocenters. The molecule has 126 valence electrons. The average Bonchev–Trinajstić information content (AvgIpc) is 2.59. The molecule has 24 heavy (non-hydrogen) atoms. The molecule has 6 nitrogen and oxygen atoms in total. The Morgan fingerprint density at radius 1 is 1.00 bits per heavy atom. The van der Waals surface area contributed by atoms with Crippen LogP contribution in [-0.4, -0.2) is 32.3 Å². The van der Waals surface area contributed by atoms with E-state index in [-0.39, 0.29) is 24.0 Å². The van der Waals surface area contributed by atoms with E-state index >= 15 is 0 Å². The number of fused-ring (bicyclic) bond motifs is 1. The standard InChI is InChI=1S/C18H19NO5/c1-22-15-5-4-10(6-14(15)20)11-8-18(21)19-13-9-17(24-3)16(23-2)7-12(11)13/h4-7,9,11,20H,8H2,1-3H3,(H,19,21)/t11-/m1/s1. The number of hydrogen-bond acceptors (Lipinski definition) is 5. The molecule has 0 saturated heterocycles. The molecular formula is C18H19NO5. The quantitative estimate of drug-likeness (QED) is 0.902. The lowest BCUT2D eigenvalue weighted by Crippen LogP contribution is -2.23. The van der Waals surface area contributed by atoms with E-state index in [4.69, 9.17) is 14.2 Å². The molecule has 0 fully saturated rings. The van der Waals surface area contributed by atoms with E-state index in [0.717, 1.165) is 11.1 Å². The van der Waals surface area contributed by atoms with E-state index in [1.54, 1.807) is 32.4 Å². The smallest absolute Gasteiger partial charge is 0.225 e. The molecule has 2 N–H and O–H groups in total. The maximum Gasteiger partial charge on any atom is 0.225 e. The van der Waals surface area contributed by atoms with E-state index in [0.29, 0.717) is 22.9 Å². The molecular weight excluding hydrogens is 310 g/mol. The lowest BCUT2D eigenvalue weighted by Gasteiger charge is -2.27. The molecule has 2 aromatic carbocycles. The fourth-order valence-corrected chi connectivity index (χ4v) is 3.01. The van der Waals surface area contributed by atoms with Crippen LogP contribution in [0.4, 0.5) is 5.69 Å². The van der Waals surface area contributed by atoms with Gasteiger partial charge in [0, 0.05) is 24.1 Å². The first-order valence-electron chi connectivity index (χ1n) is 7.50. The van der Waals surface area contributed by atoms with E-state index in [9.17, 15) is 9.90 Å². The second-order valence-electron chi connectivity index (χ2n) is 5.53. The Bertz CT molecular complexity index is 787. The highest BCUT2D eigenvalue weighted by molar-refractivity contribution is 5.96. The summed E-state index contributed by atoms with van der Waals surface area (Å²) in [7, 11) is 4.61. The SMILES string of the molecule is COc1ccc([C@H]2CC(=O)Nc3cc(OC)c(OC)cc32)cc1O. The highest BCUT2D eigenvalue weighted by atomic mass is 16.5. The third kappa shape index (κ3) is 2.71. The van der Waals surface area contributed by atoms with Gasteiger partial charge in [0.15, 0.2) is 23.0 Å². The van der Waals surface area contributed by atoms with Crippen LogP contribution < -0.4 is 19.5 Å². The van der Waals surface area contributed by atoms with Crippen molar-refractivity contribution in [1.82, 2.24) is 0 Å². The Morgan fingerprint density at radius 2 is 1.67 bits per heavy atom. The van der Waals surface area contributed by atoms with E-state index < -0.39 is 0 Å². The maximum absolute atomic E-state index is 12.1. The van der Waals surface area contributed by atoms with Crippen molar-refractivity contribution in [2.45, 2.75) is 12.3 Å². The molecule has 1 aliphatic heterocycles. The van der Waals surface area contributed by atoms with Crippen LogP contribution in [0.1, 0.15) is 23.5 Å². The monoisotopic (exact) mass is 329 g/mol. The fraction of sp³-hybridized carbons (Fsp3) is 0.278. The summed E-state index contributed by atoms with van der Waals surface area (Å²) in [6.45, 7) is 0. The minimum Gasteiger partial charge on any atom is -0.504 e. The number of carbonyl (C=O) groups excluding carboxylic acids is 1. The number of benzene rings is 2. The van der Waals surface area contributed by atoms with Gasteiger partial charge in [0.05, 0.1) is 21.3 Å². The Hall–Kier alpha value is -2.89. The van der Waals surface area contributed by atoms with Gasteiger partial charge in [-0.25, -0.2) is 0 Å². The van der Waals surface area contributed by atoms with Crippen LogP contribution >= 0.6 is 0 Å². The highest BCUT2D eigenvalue weighted by Gasteiger charge is 2.29. The molecule has 0 unspecified atom stereocenters. The zero-order valence-corrected chi connectivity index (χ0v) is 13.8. The van der Waals surface area contributed by atoms with Crippen LogP contribution in [0.25, 0.3) is 0 Å². The van der Waals surface area contributed by atoms with Crippen LogP contribution in [-0.2, 0) is 4.79 Å². The second-order valence-corrected chi connectivity index (χ2v) is 5.53. The lowest BCUT2D eigenvalue weighted by molar-refractivity contribution is -0.116. The third-order valence-electron chi connectivity index (χ3n) is 4.20. The van der Waals surface area contributed by atoms with Crippen molar-refractivity contribution in [2.75, 3.05) is 26.6 Å². The number of phenols is 1. The molecule has 0 aliphatic carbocycles. The number of hydrogen-bond donors (Lipinski definition) is 2. The first kappa shape index (κ1) is 16.0. The number of nitrogens with one attached hydrogen (secondary N) is 1. The largest absolute Gasteiger partial charge is 0.504 e. The molecule has 2 aromatic rings. The zero-order valence-electron chi connectivity index (χ0n) is 13.8. The number of ether oxygens (including phenoxy) is 3. The minimum atomic E-state index is -0.189. The summed E-state index contributed by atoms with van der Waals surface area (Å²) in [6.07, 6.45) is 0.286. The fourth-order valence-electron chi connectivity index (χ4n) is 3.01. The van der Waals surface area contributed by atoms with Gasteiger partial charge in [-0.2, -0.15) is 0 Å². The maximum atomic E-state index is 12.1. The Kier molecular flexibility index (Phi) is 4.20. The first-order valence-corrected chi connectivity index (χ1v) is 7.50. The zero-order chi connectivity index (χ0) is 17.3. The lowest BCUT2D eigenvalue weighted by atomic mass is 9.84. The summed E-state index contributed by atoms with van der Waals surface area (Å²) in [5, 5.41) is 12.9. The topological polar surface area (TPSA) is 77.0 Å². The minimum absolute atomic E-state index is 0.0445. The van der Waals surface area contributed by atoms with Crippen molar-refractivity contribution >= 4 is 11.6 Å². The number of rotatable bonds is 4. The second kappa shape index (κ2) is 6.31. The molecule has 0 spiro atoms. The molecule has 0 aromatic heterocycles. The van der Waals surface area contributed by atoms with Gasteiger partial charge >= 0.3 is 0 Å². The summed E-state index contributed by atoms with van der Waals surface area (Å²) in [5.41, 5.74) is 2.43. The summed E-state index contributed by atoms with van der Waals surface area (Å²) in [6, 6.07) is 8.78. The summed E-state index contributed by atoms with van der Waals surface area (Å²) < 4.78 is 15.7. The third-order valence-corrected chi connectivity index (χ3v) is 4.20. The molecule has 3 rings (SSSR count). The number of phenolic OH excluding ortho intramolecular Hbond substituents is 1. The Balaban J connectivity index is 2.11. The molecule has 0 bridgehead atoms. The summed E-state index contributed by atoms with van der Waals surface area (Å²) >= 11 is 0. The molecule has 1 aliphatic rings. The number of anilines is 1. The summed E-state index contributed by atoms with van der Waals surface area (Å²) in [4.78, 5) is 12.1. The van der Waals surface area contributed by atoms with Gasteiger partial charge in [-0.3, -0.25) is 4.79 Å². The van der Waals surface area contributed by atoms with Crippen LogP contribution in [0.5, 0.6) is 23.0 Å². The van der Waals surface area contributed by atoms with Crippen LogP contribution in [0.3, 0.4) is 0 Å². The summed E-state index contributed by atoms with van der Waals surface area (Å²) in [5.74, 6) is 1.31. The van der Waals surface area contributed by atoms with Crippen molar-refractivity contribution in [3.8, 4) is 23.0 Å². The molecule has 1 heterocycles.